The van der Waals surface area contributed by atoms with Crippen LogP contribution in [0.2, 0.25) is 0 Å². The third-order valence-corrected chi connectivity index (χ3v) is 2.37. The van der Waals surface area contributed by atoms with E-state index in [0.29, 0.717) is 5.69 Å². The lowest BCUT2D eigenvalue weighted by Gasteiger charge is -2.03. The Morgan fingerprint density at radius 3 is 2.72 bits per heavy atom. The molecule has 2 rings (SSSR count). The van der Waals surface area contributed by atoms with Gasteiger partial charge in [0, 0.05) is 5.56 Å². The number of carbonyl (C=O) groups is 1. The number of carbonyl (C=O) groups excluding carboxylic acids is 1. The molecule has 18 heavy (non-hydrogen) atoms. The van der Waals surface area contributed by atoms with Gasteiger partial charge in [0.15, 0.2) is 0 Å². The number of rotatable bonds is 3. The van der Waals surface area contributed by atoms with Crippen molar-refractivity contribution in [3.63, 3.8) is 0 Å². The van der Waals surface area contributed by atoms with Crippen LogP contribution in [0.25, 0.3) is 11.3 Å². The second-order valence-electron chi connectivity index (χ2n) is 3.58. The molecule has 5 nitrogen and oxygen atoms in total. The number of aromatic nitrogens is 2. The summed E-state index contributed by atoms with van der Waals surface area (Å²) in [6.45, 7) is 1.91. The number of hydrogen-bond donors (Lipinski definition) is 1. The van der Waals surface area contributed by atoms with Crippen molar-refractivity contribution < 1.29 is 9.53 Å². The van der Waals surface area contributed by atoms with E-state index < -0.39 is 11.5 Å². The van der Waals surface area contributed by atoms with Crippen molar-refractivity contribution in [1.29, 1.82) is 0 Å². The predicted molar refractivity (Wildman–Crippen MR) is 66.3 cm³/mol. The zero-order valence-electron chi connectivity index (χ0n) is 9.84. The Bertz CT molecular complexity index is 605. The maximum absolute atomic E-state index is 11.6. The van der Waals surface area contributed by atoms with Crippen molar-refractivity contribution in [3.05, 3.63) is 52.3 Å². The minimum atomic E-state index is -0.640. The summed E-state index contributed by atoms with van der Waals surface area (Å²) in [6, 6.07) is 10.7. The van der Waals surface area contributed by atoms with Gasteiger partial charge in [0.1, 0.15) is 5.56 Å². The van der Waals surface area contributed by atoms with Gasteiger partial charge in [-0.15, -0.1) is 0 Å². The van der Waals surface area contributed by atoms with E-state index in [1.165, 1.54) is 6.07 Å². The molecule has 2 aromatic rings. The predicted octanol–water partition coefficient (Wildman–Crippen LogP) is 1.61. The first-order valence-corrected chi connectivity index (χ1v) is 5.54. The first-order valence-electron chi connectivity index (χ1n) is 5.54. The molecule has 0 amide bonds. The van der Waals surface area contributed by atoms with Gasteiger partial charge >= 0.3 is 5.97 Å². The van der Waals surface area contributed by atoms with Gasteiger partial charge in [-0.25, -0.2) is 9.89 Å². The standard InChI is InChI=1S/C13H12N2O3/c1-2-18-13(17)10-8-11(14-15-12(10)16)9-6-4-3-5-7-9/h3-8H,2H2,1H3,(H,15,16). The molecule has 0 aliphatic heterocycles. The van der Waals surface area contributed by atoms with E-state index in [0.717, 1.165) is 5.56 Å². The van der Waals surface area contributed by atoms with Crippen molar-refractivity contribution in [3.8, 4) is 11.3 Å². The summed E-state index contributed by atoms with van der Waals surface area (Å²) in [7, 11) is 0. The van der Waals surface area contributed by atoms with Crippen LogP contribution in [0.1, 0.15) is 17.3 Å². The van der Waals surface area contributed by atoms with Crippen LogP contribution in [0.3, 0.4) is 0 Å². The number of ether oxygens (including phenoxy) is 1. The summed E-state index contributed by atoms with van der Waals surface area (Å²) in [5.74, 6) is -0.640. The average Bonchev–Trinajstić information content (AvgIpc) is 2.40. The van der Waals surface area contributed by atoms with Gasteiger partial charge in [-0.3, -0.25) is 4.79 Å². The van der Waals surface area contributed by atoms with Crippen molar-refractivity contribution in [2.45, 2.75) is 6.92 Å². The molecule has 0 atom stereocenters. The molecule has 1 aromatic heterocycles. The monoisotopic (exact) mass is 244 g/mol. The molecule has 0 aliphatic rings. The van der Waals surface area contributed by atoms with Crippen LogP contribution in [0.15, 0.2) is 41.2 Å². The Kier molecular flexibility index (Phi) is 3.52. The molecule has 0 radical (unpaired) electrons. The molecule has 1 aromatic carbocycles. The number of benzene rings is 1. The summed E-state index contributed by atoms with van der Waals surface area (Å²) in [6.07, 6.45) is 0. The normalized spacial score (nSPS) is 10.1. The van der Waals surface area contributed by atoms with Crippen LogP contribution in [-0.2, 0) is 4.74 Å². The zero-order valence-corrected chi connectivity index (χ0v) is 9.84. The van der Waals surface area contributed by atoms with Crippen LogP contribution >= 0.6 is 0 Å². The summed E-state index contributed by atoms with van der Waals surface area (Å²) in [5, 5.41) is 6.21. The number of aromatic amines is 1. The molecule has 0 saturated heterocycles. The van der Waals surface area contributed by atoms with E-state index in [4.69, 9.17) is 4.74 Å². The molecule has 0 saturated carbocycles. The average molecular weight is 244 g/mol. The number of nitrogens with zero attached hydrogens (tertiary/aromatic N) is 1. The molecule has 5 heteroatoms. The van der Waals surface area contributed by atoms with Crippen molar-refractivity contribution in [2.24, 2.45) is 0 Å². The molecule has 0 spiro atoms. The number of nitrogens with one attached hydrogen (secondary N) is 1. The SMILES string of the molecule is CCOC(=O)c1cc(-c2ccccc2)n[nH]c1=O. The van der Waals surface area contributed by atoms with Gasteiger partial charge in [0.2, 0.25) is 0 Å². The first-order chi connectivity index (χ1) is 8.72. The fourth-order valence-corrected chi connectivity index (χ4v) is 1.52. The molecule has 1 N–H and O–H groups in total. The lowest BCUT2D eigenvalue weighted by Crippen LogP contribution is -2.21. The van der Waals surface area contributed by atoms with E-state index in [2.05, 4.69) is 10.2 Å². The fraction of sp³-hybridized carbons (Fsp3) is 0.154. The van der Waals surface area contributed by atoms with E-state index in [-0.39, 0.29) is 12.2 Å². The molecule has 0 unspecified atom stereocenters. The first kappa shape index (κ1) is 12.0. The minimum Gasteiger partial charge on any atom is -0.462 e. The third kappa shape index (κ3) is 2.45. The molecular weight excluding hydrogens is 232 g/mol. The van der Waals surface area contributed by atoms with Gasteiger partial charge in [-0.1, -0.05) is 30.3 Å². The smallest absolute Gasteiger partial charge is 0.343 e. The molecule has 92 valence electrons. The number of H-pyrrole nitrogens is 1. The van der Waals surface area contributed by atoms with Crippen molar-refractivity contribution >= 4 is 5.97 Å². The van der Waals surface area contributed by atoms with E-state index in [1.54, 1.807) is 6.92 Å². The fourth-order valence-electron chi connectivity index (χ4n) is 1.52. The van der Waals surface area contributed by atoms with E-state index >= 15 is 0 Å². The van der Waals surface area contributed by atoms with Crippen LogP contribution in [-0.4, -0.2) is 22.8 Å². The molecule has 1 heterocycles. The van der Waals surface area contributed by atoms with E-state index in [1.807, 2.05) is 30.3 Å². The Hall–Kier alpha value is -2.43. The summed E-state index contributed by atoms with van der Waals surface area (Å²) >= 11 is 0. The van der Waals surface area contributed by atoms with Gasteiger partial charge < -0.3 is 4.74 Å². The largest absolute Gasteiger partial charge is 0.462 e. The molecule has 0 aliphatic carbocycles. The molecular formula is C13H12N2O3. The highest BCUT2D eigenvalue weighted by atomic mass is 16.5. The number of esters is 1. The van der Waals surface area contributed by atoms with E-state index in [9.17, 15) is 9.59 Å². The highest BCUT2D eigenvalue weighted by Gasteiger charge is 2.13. The van der Waals surface area contributed by atoms with Crippen LogP contribution in [0.4, 0.5) is 0 Å². The second kappa shape index (κ2) is 5.27. The second-order valence-corrected chi connectivity index (χ2v) is 3.58. The lowest BCUT2D eigenvalue weighted by molar-refractivity contribution is 0.0524. The van der Waals surface area contributed by atoms with Gasteiger partial charge in [0.25, 0.3) is 5.56 Å². The highest BCUT2D eigenvalue weighted by Crippen LogP contribution is 2.15. The van der Waals surface area contributed by atoms with Gasteiger partial charge in [0.05, 0.1) is 12.3 Å². The highest BCUT2D eigenvalue weighted by molar-refractivity contribution is 5.90. The summed E-state index contributed by atoms with van der Waals surface area (Å²) < 4.78 is 4.81. The molecule has 0 fully saturated rings. The minimum absolute atomic E-state index is 0.0364. The Balaban J connectivity index is 2.44. The van der Waals surface area contributed by atoms with Crippen LogP contribution in [0, 0.1) is 0 Å². The van der Waals surface area contributed by atoms with Crippen LogP contribution < -0.4 is 5.56 Å². The quantitative estimate of drug-likeness (QED) is 0.832. The maximum Gasteiger partial charge on any atom is 0.343 e. The van der Waals surface area contributed by atoms with Crippen LogP contribution in [0.5, 0.6) is 0 Å². The summed E-state index contributed by atoms with van der Waals surface area (Å²) in [4.78, 5) is 23.1. The molecule has 0 bridgehead atoms. The van der Waals surface area contributed by atoms with Gasteiger partial charge in [-0.05, 0) is 13.0 Å². The van der Waals surface area contributed by atoms with Gasteiger partial charge in [-0.2, -0.15) is 5.10 Å². The van der Waals surface area contributed by atoms with Crippen molar-refractivity contribution in [1.82, 2.24) is 10.2 Å². The third-order valence-electron chi connectivity index (χ3n) is 2.37. The summed E-state index contributed by atoms with van der Waals surface area (Å²) in [5.41, 5.74) is 0.761. The Labute approximate surface area is 103 Å². The lowest BCUT2D eigenvalue weighted by atomic mass is 10.1. The Morgan fingerprint density at radius 2 is 2.06 bits per heavy atom. The Morgan fingerprint density at radius 1 is 1.33 bits per heavy atom. The van der Waals surface area contributed by atoms with Crippen molar-refractivity contribution in [2.75, 3.05) is 6.61 Å². The zero-order chi connectivity index (χ0) is 13.0. The number of hydrogen-bond acceptors (Lipinski definition) is 4. The maximum atomic E-state index is 11.6. The topological polar surface area (TPSA) is 72.0 Å².